The van der Waals surface area contributed by atoms with Crippen LogP contribution in [-0.2, 0) is 9.59 Å². The van der Waals surface area contributed by atoms with Crippen LogP contribution in [0, 0.1) is 0 Å². The van der Waals surface area contributed by atoms with Gasteiger partial charge in [0.15, 0.2) is 0 Å². The quantitative estimate of drug-likeness (QED) is 0.292. The number of carbonyl (C=O) groups is 2. The van der Waals surface area contributed by atoms with Gasteiger partial charge < -0.3 is 0 Å². The van der Waals surface area contributed by atoms with Crippen molar-refractivity contribution in [3.05, 3.63) is 0 Å². The average Bonchev–Trinajstić information content (AvgIpc) is 2.96. The van der Waals surface area contributed by atoms with Gasteiger partial charge in [-0.2, -0.15) is 0 Å². The standard InChI is InChI=1S/C38H73NO2/c40-37-35-33-31-29-27-25-23-21-19-17-15-13-11-9-7-5-3-1-2-4-6-8-10-12-14-16-18-20-22-24-26-28-30-32-34-36-38(41)39-37/h1-36H2,(H,39,40,41). The molecule has 242 valence electrons. The fourth-order valence-electron chi connectivity index (χ4n) is 6.51. The van der Waals surface area contributed by atoms with Crippen molar-refractivity contribution < 1.29 is 9.59 Å². The zero-order valence-corrected chi connectivity index (χ0v) is 27.8. The summed E-state index contributed by atoms with van der Waals surface area (Å²) in [5.41, 5.74) is 0. The number of imide groups is 1. The fraction of sp³-hybridized carbons (Fsp3) is 0.947. The third-order valence-corrected chi connectivity index (χ3v) is 9.34. The molecule has 0 atom stereocenters. The van der Waals surface area contributed by atoms with Crippen molar-refractivity contribution in [2.45, 2.75) is 231 Å². The first kappa shape index (κ1) is 38.2. The smallest absolute Gasteiger partial charge is 0.226 e. The molecule has 0 aromatic heterocycles. The molecule has 0 aromatic carbocycles. The van der Waals surface area contributed by atoms with Crippen molar-refractivity contribution in [3.63, 3.8) is 0 Å². The van der Waals surface area contributed by atoms with Gasteiger partial charge >= 0.3 is 0 Å². The van der Waals surface area contributed by atoms with Crippen LogP contribution in [0.15, 0.2) is 0 Å². The first-order chi connectivity index (χ1) is 20.3. The molecule has 0 bridgehead atoms. The lowest BCUT2D eigenvalue weighted by molar-refractivity contribution is -0.130. The second kappa shape index (κ2) is 32.1. The van der Waals surface area contributed by atoms with Crippen LogP contribution in [0.3, 0.4) is 0 Å². The Balaban J connectivity index is 2.10. The maximum atomic E-state index is 12.0. The zero-order chi connectivity index (χ0) is 29.3. The van der Waals surface area contributed by atoms with Crippen molar-refractivity contribution in [3.8, 4) is 0 Å². The molecule has 1 aliphatic rings. The Morgan fingerprint density at radius 1 is 0.220 bits per heavy atom. The van der Waals surface area contributed by atoms with Gasteiger partial charge in [0.05, 0.1) is 0 Å². The Morgan fingerprint density at radius 3 is 0.488 bits per heavy atom. The van der Waals surface area contributed by atoms with Crippen LogP contribution in [0.5, 0.6) is 0 Å². The lowest BCUT2D eigenvalue weighted by Crippen LogP contribution is -2.29. The molecule has 1 rings (SSSR count). The molecule has 0 saturated carbocycles. The largest absolute Gasteiger partial charge is 0.296 e. The zero-order valence-electron chi connectivity index (χ0n) is 27.8. The normalized spacial score (nSPS) is 23.3. The van der Waals surface area contributed by atoms with Crippen molar-refractivity contribution in [2.24, 2.45) is 0 Å². The van der Waals surface area contributed by atoms with Crippen LogP contribution in [0.2, 0.25) is 0 Å². The van der Waals surface area contributed by atoms with E-state index in [2.05, 4.69) is 5.32 Å². The Bertz CT molecular complexity index is 512. The molecule has 0 spiro atoms. The van der Waals surface area contributed by atoms with Crippen LogP contribution in [0.25, 0.3) is 0 Å². The fourth-order valence-corrected chi connectivity index (χ4v) is 6.51. The molecular weight excluding hydrogens is 502 g/mol. The molecule has 41 heavy (non-hydrogen) atoms. The van der Waals surface area contributed by atoms with Crippen molar-refractivity contribution in [1.29, 1.82) is 0 Å². The predicted octanol–water partition coefficient (Wildman–Crippen LogP) is 12.7. The summed E-state index contributed by atoms with van der Waals surface area (Å²) < 4.78 is 0. The summed E-state index contributed by atoms with van der Waals surface area (Å²) in [4.78, 5) is 24.1. The summed E-state index contributed by atoms with van der Waals surface area (Å²) in [6, 6.07) is 0. The van der Waals surface area contributed by atoms with Crippen LogP contribution in [0.1, 0.15) is 231 Å². The Kier molecular flexibility index (Phi) is 29.8. The highest BCUT2D eigenvalue weighted by atomic mass is 16.2. The van der Waals surface area contributed by atoms with Gasteiger partial charge in [-0.05, 0) is 12.8 Å². The summed E-state index contributed by atoms with van der Waals surface area (Å²) in [6.45, 7) is 0. The summed E-state index contributed by atoms with van der Waals surface area (Å²) >= 11 is 0. The van der Waals surface area contributed by atoms with E-state index in [1.54, 1.807) is 0 Å². The number of hydrogen-bond acceptors (Lipinski definition) is 2. The maximum Gasteiger partial charge on any atom is 0.226 e. The van der Waals surface area contributed by atoms with E-state index in [0.717, 1.165) is 25.7 Å². The predicted molar refractivity (Wildman–Crippen MR) is 179 cm³/mol. The van der Waals surface area contributed by atoms with Gasteiger partial charge in [0, 0.05) is 12.8 Å². The van der Waals surface area contributed by atoms with Gasteiger partial charge in [-0.15, -0.1) is 0 Å². The second-order valence-corrected chi connectivity index (χ2v) is 13.5. The van der Waals surface area contributed by atoms with Gasteiger partial charge in [-0.1, -0.05) is 205 Å². The summed E-state index contributed by atoms with van der Waals surface area (Å²) in [6.07, 6.45) is 47.3. The molecule has 1 fully saturated rings. The van der Waals surface area contributed by atoms with Crippen molar-refractivity contribution in [2.75, 3.05) is 0 Å². The van der Waals surface area contributed by atoms with E-state index in [-0.39, 0.29) is 11.8 Å². The minimum absolute atomic E-state index is 0.0698. The van der Waals surface area contributed by atoms with E-state index in [0.29, 0.717) is 12.8 Å². The SMILES string of the molecule is O=C1CCCCCCCCCCCCCCCCCCCCCCCCCCCCCCCCCCCCC(=O)N1. The molecule has 0 aliphatic carbocycles. The average molecular weight is 576 g/mol. The van der Waals surface area contributed by atoms with E-state index >= 15 is 0 Å². The van der Waals surface area contributed by atoms with E-state index in [9.17, 15) is 9.59 Å². The molecule has 2 amide bonds. The number of hydrogen-bond donors (Lipinski definition) is 1. The van der Waals surface area contributed by atoms with Gasteiger partial charge in [-0.3, -0.25) is 14.9 Å². The Hall–Kier alpha value is -0.860. The third-order valence-electron chi connectivity index (χ3n) is 9.34. The topological polar surface area (TPSA) is 46.2 Å². The Labute approximate surface area is 257 Å². The van der Waals surface area contributed by atoms with E-state index in [4.69, 9.17) is 0 Å². The highest BCUT2D eigenvalue weighted by Crippen LogP contribution is 2.17. The third kappa shape index (κ3) is 30.4. The molecule has 0 unspecified atom stereocenters. The lowest BCUT2D eigenvalue weighted by Gasteiger charge is -2.05. The number of amides is 2. The summed E-state index contributed by atoms with van der Waals surface area (Å²) in [5.74, 6) is -0.140. The van der Waals surface area contributed by atoms with Gasteiger partial charge in [0.1, 0.15) is 0 Å². The van der Waals surface area contributed by atoms with E-state index in [1.165, 1.54) is 193 Å². The summed E-state index contributed by atoms with van der Waals surface area (Å²) in [7, 11) is 0. The monoisotopic (exact) mass is 576 g/mol. The first-order valence-electron chi connectivity index (χ1n) is 19.1. The van der Waals surface area contributed by atoms with Crippen LogP contribution in [-0.4, -0.2) is 11.8 Å². The molecule has 3 heteroatoms. The van der Waals surface area contributed by atoms with Crippen molar-refractivity contribution in [1.82, 2.24) is 5.32 Å². The molecule has 1 aliphatic heterocycles. The van der Waals surface area contributed by atoms with Crippen molar-refractivity contribution >= 4 is 11.8 Å². The summed E-state index contributed by atoms with van der Waals surface area (Å²) in [5, 5.41) is 2.61. The molecule has 1 saturated heterocycles. The molecule has 1 N–H and O–H groups in total. The molecule has 1 heterocycles. The number of rotatable bonds is 0. The highest BCUT2D eigenvalue weighted by Gasteiger charge is 2.07. The molecule has 0 radical (unpaired) electrons. The van der Waals surface area contributed by atoms with Crippen LogP contribution in [0.4, 0.5) is 0 Å². The second-order valence-electron chi connectivity index (χ2n) is 13.5. The lowest BCUT2D eigenvalue weighted by atomic mass is 10.0. The minimum atomic E-state index is -0.0698. The van der Waals surface area contributed by atoms with Crippen LogP contribution >= 0.6 is 0 Å². The minimum Gasteiger partial charge on any atom is -0.296 e. The van der Waals surface area contributed by atoms with E-state index in [1.807, 2.05) is 0 Å². The Morgan fingerprint density at radius 2 is 0.341 bits per heavy atom. The highest BCUT2D eigenvalue weighted by molar-refractivity contribution is 5.95. The molecule has 0 aromatic rings. The van der Waals surface area contributed by atoms with Gasteiger partial charge in [0.2, 0.25) is 11.8 Å². The maximum absolute atomic E-state index is 12.0. The van der Waals surface area contributed by atoms with E-state index < -0.39 is 0 Å². The molecule has 3 nitrogen and oxygen atoms in total. The molecular formula is C38H73NO2. The number of carbonyl (C=O) groups excluding carboxylic acids is 2. The first-order valence-corrected chi connectivity index (χ1v) is 19.1. The van der Waals surface area contributed by atoms with Crippen LogP contribution < -0.4 is 5.32 Å². The van der Waals surface area contributed by atoms with Gasteiger partial charge in [0.25, 0.3) is 0 Å². The van der Waals surface area contributed by atoms with Gasteiger partial charge in [-0.25, -0.2) is 0 Å². The number of nitrogens with one attached hydrogen (secondary N) is 1.